The topological polar surface area (TPSA) is 91.7 Å². The number of halogens is 6. The molecule has 2 aliphatic rings. The Labute approximate surface area is 166 Å². The zero-order valence-electron chi connectivity index (χ0n) is 15.0. The maximum Gasteiger partial charge on any atom is 0.417 e. The van der Waals surface area contributed by atoms with Crippen LogP contribution in [-0.2, 0) is 25.6 Å². The number of nitrogens with zero attached hydrogens (tertiary/aromatic N) is 1. The minimum absolute atomic E-state index is 0.0152. The molecular weight excluding hydrogens is 444 g/mol. The second-order valence-electron chi connectivity index (χ2n) is 7.38. The summed E-state index contributed by atoms with van der Waals surface area (Å²) in [7, 11) is -4.81. The predicted octanol–water partition coefficient (Wildman–Crippen LogP) is 2.58. The van der Waals surface area contributed by atoms with Crippen molar-refractivity contribution in [2.24, 2.45) is 11.8 Å². The largest absolute Gasteiger partial charge is 0.481 e. The summed E-state index contributed by atoms with van der Waals surface area (Å²) in [6.45, 7) is -1.88. The molecule has 1 aliphatic heterocycles. The first-order valence-corrected chi connectivity index (χ1v) is 10.2. The molecule has 0 aromatic heterocycles. The number of carboxylic acids is 1. The van der Waals surface area contributed by atoms with Crippen molar-refractivity contribution in [2.45, 2.75) is 35.1 Å². The van der Waals surface area contributed by atoms with Crippen LogP contribution in [0.5, 0.6) is 0 Å². The summed E-state index contributed by atoms with van der Waals surface area (Å²) in [6.07, 6.45) is -6.52. The fourth-order valence-corrected chi connectivity index (χ4v) is 5.86. The average Bonchev–Trinajstić information content (AvgIpc) is 3.04. The lowest BCUT2D eigenvalue weighted by Crippen LogP contribution is -2.60. The van der Waals surface area contributed by atoms with Gasteiger partial charge in [-0.1, -0.05) is 0 Å². The fourth-order valence-electron chi connectivity index (χ4n) is 3.84. The lowest BCUT2D eigenvalue weighted by molar-refractivity contribution is -0.172. The minimum atomic E-state index is -5.20. The molecule has 1 N–H and O–H groups in total. The molecule has 1 aromatic rings. The van der Waals surface area contributed by atoms with Crippen molar-refractivity contribution in [1.82, 2.24) is 4.90 Å². The van der Waals surface area contributed by atoms with Gasteiger partial charge in [0.05, 0.1) is 40.6 Å². The van der Waals surface area contributed by atoms with Crippen molar-refractivity contribution in [3.8, 4) is 0 Å². The molecule has 0 bridgehead atoms. The maximum atomic E-state index is 13.3. The number of benzene rings is 1. The third-order valence-corrected chi connectivity index (χ3v) is 7.53. The molecule has 3 rings (SSSR count). The van der Waals surface area contributed by atoms with Gasteiger partial charge in [0, 0.05) is 0 Å². The first kappa shape index (κ1) is 22.4. The summed E-state index contributed by atoms with van der Waals surface area (Å²) in [4.78, 5) is 23.4. The van der Waals surface area contributed by atoms with E-state index in [9.17, 15) is 49.5 Å². The molecule has 30 heavy (non-hydrogen) atoms. The van der Waals surface area contributed by atoms with Crippen molar-refractivity contribution < 1.29 is 49.5 Å². The zero-order valence-corrected chi connectivity index (χ0v) is 15.8. The summed E-state index contributed by atoms with van der Waals surface area (Å²) < 4.78 is 105. The Morgan fingerprint density at radius 3 is 2.17 bits per heavy atom. The summed E-state index contributed by atoms with van der Waals surface area (Å²) in [5.41, 5.74) is -1.74. The van der Waals surface area contributed by atoms with E-state index in [4.69, 9.17) is 0 Å². The molecule has 1 amide bonds. The summed E-state index contributed by atoms with van der Waals surface area (Å²) >= 11 is 0. The van der Waals surface area contributed by atoms with Crippen LogP contribution in [-0.4, -0.2) is 54.6 Å². The molecule has 0 unspecified atom stereocenters. The molecule has 6 nitrogen and oxygen atoms in total. The number of hydrogen-bond donors (Lipinski definition) is 1. The van der Waals surface area contributed by atoms with E-state index in [2.05, 4.69) is 0 Å². The highest BCUT2D eigenvalue weighted by atomic mass is 32.2. The van der Waals surface area contributed by atoms with Gasteiger partial charge in [-0.2, -0.15) is 13.2 Å². The third-order valence-electron chi connectivity index (χ3n) is 5.30. The SMILES string of the molecule is O=C(O)[C@@H]1C[C@H](S(=O)(=O)c2ccc(F)cc2C(F)(F)F)C[C@H]1C(=O)N1CC(F)(F)C1. The van der Waals surface area contributed by atoms with Gasteiger partial charge in [-0.3, -0.25) is 9.59 Å². The molecule has 3 atom stereocenters. The molecule has 1 saturated heterocycles. The molecule has 1 aromatic carbocycles. The van der Waals surface area contributed by atoms with E-state index in [1.807, 2.05) is 0 Å². The van der Waals surface area contributed by atoms with Crippen molar-refractivity contribution in [2.75, 3.05) is 13.1 Å². The van der Waals surface area contributed by atoms with Gasteiger partial charge >= 0.3 is 12.1 Å². The van der Waals surface area contributed by atoms with Crippen LogP contribution in [0.3, 0.4) is 0 Å². The molecule has 1 saturated carbocycles. The van der Waals surface area contributed by atoms with Crippen LogP contribution < -0.4 is 0 Å². The Morgan fingerprint density at radius 1 is 1.10 bits per heavy atom. The first-order valence-electron chi connectivity index (χ1n) is 8.63. The van der Waals surface area contributed by atoms with Gasteiger partial charge in [0.1, 0.15) is 5.82 Å². The Balaban J connectivity index is 1.93. The van der Waals surface area contributed by atoms with E-state index in [0.29, 0.717) is 17.0 Å². The predicted molar refractivity (Wildman–Crippen MR) is 87.8 cm³/mol. The smallest absolute Gasteiger partial charge is 0.417 e. The van der Waals surface area contributed by atoms with E-state index in [-0.39, 0.29) is 6.07 Å². The van der Waals surface area contributed by atoms with Gasteiger partial charge in [0.2, 0.25) is 5.91 Å². The standard InChI is InChI=1S/C17H15F6NO5S/c18-8-1-2-13(12(3-8)17(21,22)23)30(28,29)9-4-10(11(5-9)15(26)27)14(25)24-6-16(19,20)7-24/h1-3,9-11H,4-7H2,(H,26,27)/t9-,10-,11-/m1/s1. The van der Waals surface area contributed by atoms with Crippen LogP contribution in [0, 0.1) is 17.7 Å². The molecule has 2 fully saturated rings. The van der Waals surface area contributed by atoms with Gasteiger partial charge in [0.15, 0.2) is 9.84 Å². The Hall–Kier alpha value is -2.31. The number of rotatable bonds is 4. The highest BCUT2D eigenvalue weighted by molar-refractivity contribution is 7.92. The number of sulfone groups is 1. The number of amides is 1. The lowest BCUT2D eigenvalue weighted by atomic mass is 9.93. The van der Waals surface area contributed by atoms with Crippen LogP contribution in [0.15, 0.2) is 23.1 Å². The number of hydrogen-bond acceptors (Lipinski definition) is 4. The van der Waals surface area contributed by atoms with Crippen LogP contribution in [0.1, 0.15) is 18.4 Å². The van der Waals surface area contributed by atoms with Gasteiger partial charge < -0.3 is 10.0 Å². The van der Waals surface area contributed by atoms with Gasteiger partial charge in [-0.05, 0) is 31.0 Å². The molecular formula is C17H15F6NO5S. The number of carboxylic acid groups (broad SMARTS) is 1. The van der Waals surface area contributed by atoms with Crippen LogP contribution in [0.2, 0.25) is 0 Å². The number of carbonyl (C=O) groups excluding carboxylic acids is 1. The normalized spacial score (nSPS) is 26.3. The van der Waals surface area contributed by atoms with E-state index in [1.165, 1.54) is 0 Å². The number of likely N-dealkylation sites (tertiary alicyclic amines) is 1. The van der Waals surface area contributed by atoms with Crippen molar-refractivity contribution in [3.63, 3.8) is 0 Å². The second kappa shape index (κ2) is 7.13. The third kappa shape index (κ3) is 3.98. The quantitative estimate of drug-likeness (QED) is 0.552. The Bertz CT molecular complexity index is 985. The fraction of sp³-hybridized carbons (Fsp3) is 0.529. The Kier molecular flexibility index (Phi) is 5.32. The van der Waals surface area contributed by atoms with E-state index >= 15 is 0 Å². The zero-order chi connectivity index (χ0) is 22.6. The number of carbonyl (C=O) groups is 2. The molecule has 13 heteroatoms. The highest BCUT2D eigenvalue weighted by Gasteiger charge is 2.54. The van der Waals surface area contributed by atoms with Gasteiger partial charge in [-0.15, -0.1) is 0 Å². The average molecular weight is 459 g/mol. The van der Waals surface area contributed by atoms with Crippen molar-refractivity contribution in [3.05, 3.63) is 29.6 Å². The maximum absolute atomic E-state index is 13.3. The van der Waals surface area contributed by atoms with E-state index in [1.54, 1.807) is 0 Å². The van der Waals surface area contributed by atoms with Crippen molar-refractivity contribution >= 4 is 21.7 Å². The number of alkyl halides is 5. The van der Waals surface area contributed by atoms with Crippen LogP contribution in [0.25, 0.3) is 0 Å². The van der Waals surface area contributed by atoms with Gasteiger partial charge in [0.25, 0.3) is 5.92 Å². The van der Waals surface area contributed by atoms with E-state index < -0.39 is 93.1 Å². The summed E-state index contributed by atoms with van der Waals surface area (Å²) in [5.74, 6) is -10.0. The monoisotopic (exact) mass is 459 g/mol. The first-order chi connectivity index (χ1) is 13.6. The number of aliphatic carboxylic acids is 1. The van der Waals surface area contributed by atoms with Gasteiger partial charge in [-0.25, -0.2) is 21.6 Å². The highest BCUT2D eigenvalue weighted by Crippen LogP contribution is 2.43. The minimum Gasteiger partial charge on any atom is -0.481 e. The molecule has 166 valence electrons. The van der Waals surface area contributed by atoms with Crippen LogP contribution >= 0.6 is 0 Å². The Morgan fingerprint density at radius 2 is 1.67 bits per heavy atom. The second-order valence-corrected chi connectivity index (χ2v) is 9.57. The molecule has 0 spiro atoms. The molecule has 1 heterocycles. The molecule has 0 radical (unpaired) electrons. The summed E-state index contributed by atoms with van der Waals surface area (Å²) in [5, 5.41) is 7.66. The van der Waals surface area contributed by atoms with E-state index in [0.717, 1.165) is 0 Å². The molecule has 1 aliphatic carbocycles. The lowest BCUT2D eigenvalue weighted by Gasteiger charge is -2.40. The summed E-state index contributed by atoms with van der Waals surface area (Å²) in [6, 6.07) is 0.978. The van der Waals surface area contributed by atoms with Crippen LogP contribution in [0.4, 0.5) is 26.3 Å². The van der Waals surface area contributed by atoms with Crippen molar-refractivity contribution in [1.29, 1.82) is 0 Å².